The van der Waals surface area contributed by atoms with Crippen molar-refractivity contribution in [1.29, 1.82) is 0 Å². The molecule has 106 valence electrons. The fraction of sp³-hybridized carbons (Fsp3) is 0.176. The molecule has 1 aromatic heterocycles. The van der Waals surface area contributed by atoms with E-state index in [4.69, 9.17) is 11.6 Å². The maximum Gasteiger partial charge on any atom is 0.161 e. The average molecular weight is 301 g/mol. The van der Waals surface area contributed by atoms with E-state index < -0.39 is 0 Å². The van der Waals surface area contributed by atoms with E-state index in [1.165, 1.54) is 6.07 Å². The van der Waals surface area contributed by atoms with Crippen molar-refractivity contribution in [3.8, 4) is 11.4 Å². The van der Waals surface area contributed by atoms with E-state index in [0.717, 1.165) is 27.6 Å². The van der Waals surface area contributed by atoms with E-state index in [1.54, 1.807) is 19.1 Å². The molecule has 0 bridgehead atoms. The van der Waals surface area contributed by atoms with Gasteiger partial charge >= 0.3 is 0 Å². The second-order valence-corrected chi connectivity index (χ2v) is 5.64. The molecular formula is C17H14ClFN2. The predicted octanol–water partition coefficient (Wildman–Crippen LogP) is 5.01. The number of fused-ring (bicyclic) bond motifs is 1. The van der Waals surface area contributed by atoms with Crippen molar-refractivity contribution in [2.24, 2.45) is 0 Å². The Morgan fingerprint density at radius 1 is 0.952 bits per heavy atom. The van der Waals surface area contributed by atoms with Gasteiger partial charge in [0.25, 0.3) is 0 Å². The van der Waals surface area contributed by atoms with Crippen molar-refractivity contribution in [3.05, 3.63) is 58.0 Å². The van der Waals surface area contributed by atoms with Gasteiger partial charge in [-0.3, -0.25) is 0 Å². The molecule has 0 aliphatic heterocycles. The Balaban J connectivity index is 2.27. The molecule has 2 nitrogen and oxygen atoms in total. The van der Waals surface area contributed by atoms with Gasteiger partial charge in [-0.2, -0.15) is 0 Å². The largest absolute Gasteiger partial charge is 0.228 e. The van der Waals surface area contributed by atoms with Crippen LogP contribution in [0.3, 0.4) is 0 Å². The highest BCUT2D eigenvalue weighted by atomic mass is 35.5. The summed E-state index contributed by atoms with van der Waals surface area (Å²) in [4.78, 5) is 8.95. The third-order valence-corrected chi connectivity index (χ3v) is 3.79. The van der Waals surface area contributed by atoms with Crippen molar-refractivity contribution in [2.75, 3.05) is 0 Å². The van der Waals surface area contributed by atoms with Crippen LogP contribution in [0.25, 0.3) is 22.3 Å². The molecule has 0 aliphatic carbocycles. The van der Waals surface area contributed by atoms with Gasteiger partial charge in [0.15, 0.2) is 5.82 Å². The van der Waals surface area contributed by atoms with E-state index in [0.29, 0.717) is 16.5 Å². The summed E-state index contributed by atoms with van der Waals surface area (Å²) in [5.74, 6) is 0.276. The van der Waals surface area contributed by atoms with Gasteiger partial charge in [-0.1, -0.05) is 17.7 Å². The number of aryl methyl sites for hydroxylation is 3. The summed E-state index contributed by atoms with van der Waals surface area (Å²) in [5.41, 5.74) is 4.31. The third-order valence-electron chi connectivity index (χ3n) is 3.51. The van der Waals surface area contributed by atoms with Gasteiger partial charge in [-0.25, -0.2) is 14.4 Å². The number of halogens is 2. The molecule has 3 aromatic rings. The summed E-state index contributed by atoms with van der Waals surface area (Å²) in [7, 11) is 0. The first kappa shape index (κ1) is 14.0. The van der Waals surface area contributed by atoms with Gasteiger partial charge in [0, 0.05) is 10.9 Å². The maximum absolute atomic E-state index is 13.4. The Hall–Kier alpha value is -2.00. The summed E-state index contributed by atoms with van der Waals surface area (Å²) in [6, 6.07) is 8.86. The summed E-state index contributed by atoms with van der Waals surface area (Å²) < 4.78 is 13.4. The van der Waals surface area contributed by atoms with Crippen LogP contribution in [0, 0.1) is 26.6 Å². The van der Waals surface area contributed by atoms with Crippen molar-refractivity contribution in [3.63, 3.8) is 0 Å². The minimum Gasteiger partial charge on any atom is -0.228 e. The van der Waals surface area contributed by atoms with E-state index >= 15 is 0 Å². The molecule has 0 amide bonds. The Kier molecular flexibility index (Phi) is 3.38. The smallest absolute Gasteiger partial charge is 0.161 e. The molecule has 0 unspecified atom stereocenters. The molecule has 0 saturated heterocycles. The molecule has 0 spiro atoms. The first-order chi connectivity index (χ1) is 9.95. The van der Waals surface area contributed by atoms with Crippen LogP contribution in [0.4, 0.5) is 4.39 Å². The van der Waals surface area contributed by atoms with E-state index in [1.807, 2.05) is 19.9 Å². The van der Waals surface area contributed by atoms with Gasteiger partial charge < -0.3 is 0 Å². The molecule has 21 heavy (non-hydrogen) atoms. The van der Waals surface area contributed by atoms with E-state index in [2.05, 4.69) is 16.0 Å². The minimum atomic E-state index is -0.239. The fourth-order valence-electron chi connectivity index (χ4n) is 2.50. The molecule has 0 radical (unpaired) electrons. The molecule has 1 heterocycles. The van der Waals surface area contributed by atoms with Gasteiger partial charge in [0.2, 0.25) is 0 Å². The average Bonchev–Trinajstić information content (AvgIpc) is 2.40. The monoisotopic (exact) mass is 300 g/mol. The molecule has 0 fully saturated rings. The summed E-state index contributed by atoms with van der Waals surface area (Å²) in [6.45, 7) is 5.73. The normalized spacial score (nSPS) is 11.1. The first-order valence-electron chi connectivity index (χ1n) is 6.67. The molecule has 0 atom stereocenters. The van der Waals surface area contributed by atoms with Crippen LogP contribution < -0.4 is 0 Å². The zero-order chi connectivity index (χ0) is 15.1. The number of hydrogen-bond donors (Lipinski definition) is 0. The van der Waals surface area contributed by atoms with Gasteiger partial charge in [0.05, 0.1) is 5.52 Å². The third kappa shape index (κ3) is 2.49. The number of benzene rings is 2. The molecule has 0 saturated carbocycles. The number of hydrogen-bond acceptors (Lipinski definition) is 2. The number of rotatable bonds is 1. The van der Waals surface area contributed by atoms with Gasteiger partial charge in [-0.15, -0.1) is 0 Å². The Bertz CT molecular complexity index is 859. The maximum atomic E-state index is 13.4. The van der Waals surface area contributed by atoms with Crippen LogP contribution >= 0.6 is 11.6 Å². The quantitative estimate of drug-likeness (QED) is 0.590. The first-order valence-corrected chi connectivity index (χ1v) is 7.04. The van der Waals surface area contributed by atoms with Crippen LogP contribution in [-0.4, -0.2) is 9.97 Å². The molecular weight excluding hydrogens is 287 g/mol. The molecule has 0 aliphatic rings. The second-order valence-electron chi connectivity index (χ2n) is 5.28. The molecule has 3 rings (SSSR count). The van der Waals surface area contributed by atoms with Gasteiger partial charge in [0.1, 0.15) is 11.0 Å². The highest BCUT2D eigenvalue weighted by molar-refractivity contribution is 6.34. The molecule has 0 N–H and O–H groups in total. The van der Waals surface area contributed by atoms with Crippen LogP contribution in [-0.2, 0) is 0 Å². The van der Waals surface area contributed by atoms with Gasteiger partial charge in [-0.05, 0) is 61.7 Å². The standard InChI is InChI=1S/C17H14ClFN2/c1-9-6-11(3)15-14(7-9)20-17(21-16(15)18)12-4-5-13(19)10(2)8-12/h4-8H,1-3H3. The van der Waals surface area contributed by atoms with E-state index in [-0.39, 0.29) is 5.82 Å². The molecule has 4 heteroatoms. The van der Waals surface area contributed by atoms with Crippen LogP contribution in [0.5, 0.6) is 0 Å². The minimum absolute atomic E-state index is 0.239. The molecule has 2 aromatic carbocycles. The van der Waals surface area contributed by atoms with Crippen LogP contribution in [0.2, 0.25) is 5.15 Å². The highest BCUT2D eigenvalue weighted by Gasteiger charge is 2.11. The summed E-state index contributed by atoms with van der Waals surface area (Å²) in [5, 5.41) is 1.29. The summed E-state index contributed by atoms with van der Waals surface area (Å²) >= 11 is 6.32. The van der Waals surface area contributed by atoms with Crippen LogP contribution in [0.1, 0.15) is 16.7 Å². The Morgan fingerprint density at radius 3 is 2.43 bits per heavy atom. The lowest BCUT2D eigenvalue weighted by Gasteiger charge is -2.09. The van der Waals surface area contributed by atoms with Crippen molar-refractivity contribution >= 4 is 22.5 Å². The lowest BCUT2D eigenvalue weighted by molar-refractivity contribution is 0.618. The lowest BCUT2D eigenvalue weighted by atomic mass is 10.1. The Labute approximate surface area is 127 Å². The summed E-state index contributed by atoms with van der Waals surface area (Å²) in [6.07, 6.45) is 0. The van der Waals surface area contributed by atoms with Crippen molar-refractivity contribution in [2.45, 2.75) is 20.8 Å². The van der Waals surface area contributed by atoms with Crippen molar-refractivity contribution in [1.82, 2.24) is 9.97 Å². The Morgan fingerprint density at radius 2 is 1.71 bits per heavy atom. The van der Waals surface area contributed by atoms with Crippen molar-refractivity contribution < 1.29 is 4.39 Å². The number of aromatic nitrogens is 2. The number of nitrogens with zero attached hydrogens (tertiary/aromatic N) is 2. The predicted molar refractivity (Wildman–Crippen MR) is 84.2 cm³/mol. The zero-order valence-corrected chi connectivity index (χ0v) is 12.8. The zero-order valence-electron chi connectivity index (χ0n) is 12.0. The van der Waals surface area contributed by atoms with Crippen LogP contribution in [0.15, 0.2) is 30.3 Å². The second kappa shape index (κ2) is 5.08. The lowest BCUT2D eigenvalue weighted by Crippen LogP contribution is -1.95. The fourth-order valence-corrected chi connectivity index (χ4v) is 2.83. The SMILES string of the molecule is Cc1cc(C)c2c(Cl)nc(-c3ccc(F)c(C)c3)nc2c1. The topological polar surface area (TPSA) is 25.8 Å². The van der Waals surface area contributed by atoms with E-state index in [9.17, 15) is 4.39 Å². The highest BCUT2D eigenvalue weighted by Crippen LogP contribution is 2.28.